The maximum Gasteiger partial charge on any atom is 0.193 e. The number of rotatable bonds is 3. The van der Waals surface area contributed by atoms with E-state index in [0.29, 0.717) is 5.92 Å². The van der Waals surface area contributed by atoms with Gasteiger partial charge in [0.15, 0.2) is 5.96 Å². The summed E-state index contributed by atoms with van der Waals surface area (Å²) in [4.78, 5) is 8.23. The van der Waals surface area contributed by atoms with Crippen LogP contribution in [0.15, 0.2) is 46.8 Å². The van der Waals surface area contributed by atoms with Gasteiger partial charge in [-0.25, -0.2) is 0 Å². The van der Waals surface area contributed by atoms with Crippen LogP contribution in [0.3, 0.4) is 0 Å². The van der Waals surface area contributed by atoms with Gasteiger partial charge in [0.1, 0.15) is 0 Å². The minimum atomic E-state index is 0. The molecule has 0 spiro atoms. The van der Waals surface area contributed by atoms with Crippen LogP contribution >= 0.6 is 35.3 Å². The van der Waals surface area contributed by atoms with Crippen LogP contribution in [0.5, 0.6) is 0 Å². The minimum absolute atomic E-state index is 0. The molecular formula is C18H24IN3S. The Morgan fingerprint density at radius 1 is 1.30 bits per heavy atom. The van der Waals surface area contributed by atoms with Crippen molar-refractivity contribution in [1.29, 1.82) is 0 Å². The minimum Gasteiger partial charge on any atom is -0.351 e. The normalized spacial score (nSPS) is 17.9. The molecule has 1 aromatic heterocycles. The Morgan fingerprint density at radius 3 is 2.74 bits per heavy atom. The number of aliphatic imine (C=N–C) groups is 1. The van der Waals surface area contributed by atoms with Crippen molar-refractivity contribution >= 4 is 41.3 Å². The summed E-state index contributed by atoms with van der Waals surface area (Å²) in [6.45, 7) is 5.15. The summed E-state index contributed by atoms with van der Waals surface area (Å²) >= 11 is 1.81. The largest absolute Gasteiger partial charge is 0.351 e. The third-order valence-electron chi connectivity index (χ3n) is 4.35. The van der Waals surface area contributed by atoms with Crippen LogP contribution in [0, 0.1) is 6.92 Å². The average Bonchev–Trinajstić information content (AvgIpc) is 3.19. The van der Waals surface area contributed by atoms with Crippen LogP contribution in [-0.4, -0.2) is 31.0 Å². The number of aryl methyl sites for hydroxylation is 1. The summed E-state index contributed by atoms with van der Waals surface area (Å²) < 4.78 is 0. The second kappa shape index (κ2) is 8.68. The number of guanidine groups is 1. The molecule has 3 rings (SSSR count). The molecule has 23 heavy (non-hydrogen) atoms. The number of nitrogens with zero attached hydrogens (tertiary/aromatic N) is 2. The van der Waals surface area contributed by atoms with E-state index in [0.717, 1.165) is 25.6 Å². The molecule has 1 unspecified atom stereocenters. The molecule has 1 atom stereocenters. The zero-order valence-electron chi connectivity index (χ0n) is 13.7. The van der Waals surface area contributed by atoms with E-state index < -0.39 is 0 Å². The highest BCUT2D eigenvalue weighted by atomic mass is 127. The Balaban J connectivity index is 0.00000192. The first-order chi connectivity index (χ1) is 10.8. The molecule has 1 aliphatic rings. The van der Waals surface area contributed by atoms with Crippen LogP contribution in [-0.2, 0) is 6.54 Å². The zero-order valence-corrected chi connectivity index (χ0v) is 16.8. The fourth-order valence-electron chi connectivity index (χ4n) is 3.03. The molecule has 1 aliphatic heterocycles. The van der Waals surface area contributed by atoms with Gasteiger partial charge in [0.25, 0.3) is 0 Å². The van der Waals surface area contributed by atoms with Gasteiger partial charge in [-0.3, -0.25) is 4.99 Å². The Hall–Kier alpha value is -1.08. The van der Waals surface area contributed by atoms with E-state index in [2.05, 4.69) is 63.9 Å². The second-order valence-corrected chi connectivity index (χ2v) is 6.77. The Bertz CT molecular complexity index is 639. The molecule has 0 radical (unpaired) electrons. The van der Waals surface area contributed by atoms with E-state index >= 15 is 0 Å². The molecule has 1 aromatic carbocycles. The molecule has 1 N–H and O–H groups in total. The van der Waals surface area contributed by atoms with Gasteiger partial charge in [-0.05, 0) is 35.9 Å². The van der Waals surface area contributed by atoms with E-state index in [4.69, 9.17) is 0 Å². The van der Waals surface area contributed by atoms with Crippen LogP contribution in [0.2, 0.25) is 0 Å². The molecule has 0 bridgehead atoms. The number of halogens is 1. The van der Waals surface area contributed by atoms with Gasteiger partial charge in [0.05, 0.1) is 6.54 Å². The molecule has 5 heteroatoms. The van der Waals surface area contributed by atoms with Crippen LogP contribution in [0.4, 0.5) is 0 Å². The maximum atomic E-state index is 4.46. The van der Waals surface area contributed by atoms with Crippen molar-refractivity contribution in [2.75, 3.05) is 20.1 Å². The lowest BCUT2D eigenvalue weighted by Gasteiger charge is -2.21. The molecular weight excluding hydrogens is 417 g/mol. The molecule has 2 aromatic rings. The van der Waals surface area contributed by atoms with Gasteiger partial charge in [-0.15, -0.1) is 35.3 Å². The lowest BCUT2D eigenvalue weighted by molar-refractivity contribution is 0.486. The molecule has 0 aliphatic carbocycles. The molecule has 124 valence electrons. The Morgan fingerprint density at radius 2 is 2.09 bits per heavy atom. The number of likely N-dealkylation sites (tertiary alicyclic amines) is 1. The van der Waals surface area contributed by atoms with E-state index in [1.165, 1.54) is 22.4 Å². The molecule has 0 amide bonds. The van der Waals surface area contributed by atoms with E-state index in [1.54, 1.807) is 11.3 Å². The number of thiophene rings is 1. The SMILES string of the molecule is CN=C(NCc1sccc1C)N1CCC(c2ccccc2)C1.I. The lowest BCUT2D eigenvalue weighted by atomic mass is 9.99. The number of hydrogen-bond acceptors (Lipinski definition) is 2. The predicted molar refractivity (Wildman–Crippen MR) is 110 cm³/mol. The molecule has 1 fully saturated rings. The monoisotopic (exact) mass is 441 g/mol. The Labute approximate surface area is 159 Å². The summed E-state index contributed by atoms with van der Waals surface area (Å²) in [6.07, 6.45) is 1.20. The highest BCUT2D eigenvalue weighted by Crippen LogP contribution is 2.27. The third kappa shape index (κ3) is 4.47. The second-order valence-electron chi connectivity index (χ2n) is 5.77. The number of benzene rings is 1. The van der Waals surface area contributed by atoms with Gasteiger partial charge < -0.3 is 10.2 Å². The quantitative estimate of drug-likeness (QED) is 0.439. The van der Waals surface area contributed by atoms with E-state index in [-0.39, 0.29) is 24.0 Å². The number of hydrogen-bond donors (Lipinski definition) is 1. The number of nitrogens with one attached hydrogen (secondary N) is 1. The van der Waals surface area contributed by atoms with E-state index in [1.807, 2.05) is 7.05 Å². The van der Waals surface area contributed by atoms with Crippen molar-refractivity contribution < 1.29 is 0 Å². The van der Waals surface area contributed by atoms with E-state index in [9.17, 15) is 0 Å². The summed E-state index contributed by atoms with van der Waals surface area (Å²) in [6, 6.07) is 13.0. The summed E-state index contributed by atoms with van der Waals surface area (Å²) in [5, 5.41) is 5.66. The average molecular weight is 441 g/mol. The van der Waals surface area contributed by atoms with Gasteiger partial charge >= 0.3 is 0 Å². The lowest BCUT2D eigenvalue weighted by Crippen LogP contribution is -2.39. The van der Waals surface area contributed by atoms with Crippen LogP contribution in [0.1, 0.15) is 28.3 Å². The van der Waals surface area contributed by atoms with Gasteiger partial charge in [-0.2, -0.15) is 0 Å². The first-order valence-electron chi connectivity index (χ1n) is 7.81. The first-order valence-corrected chi connectivity index (χ1v) is 8.69. The van der Waals surface area contributed by atoms with Crippen molar-refractivity contribution in [1.82, 2.24) is 10.2 Å². The zero-order chi connectivity index (χ0) is 15.4. The van der Waals surface area contributed by atoms with Crippen LogP contribution < -0.4 is 5.32 Å². The topological polar surface area (TPSA) is 27.6 Å². The van der Waals surface area contributed by atoms with Crippen molar-refractivity contribution in [2.45, 2.75) is 25.8 Å². The fourth-order valence-corrected chi connectivity index (χ4v) is 3.87. The smallest absolute Gasteiger partial charge is 0.193 e. The highest BCUT2D eigenvalue weighted by molar-refractivity contribution is 14.0. The van der Waals surface area contributed by atoms with Gasteiger partial charge in [0.2, 0.25) is 0 Å². The first kappa shape index (κ1) is 18.3. The summed E-state index contributed by atoms with van der Waals surface area (Å²) in [7, 11) is 1.87. The maximum absolute atomic E-state index is 4.46. The van der Waals surface area contributed by atoms with Crippen molar-refractivity contribution in [2.24, 2.45) is 4.99 Å². The summed E-state index contributed by atoms with van der Waals surface area (Å²) in [5.41, 5.74) is 2.80. The predicted octanol–water partition coefficient (Wildman–Crippen LogP) is 4.24. The van der Waals surface area contributed by atoms with Crippen LogP contribution in [0.25, 0.3) is 0 Å². The third-order valence-corrected chi connectivity index (χ3v) is 5.37. The standard InChI is InChI=1S/C18H23N3S.HI/c1-14-9-11-22-17(14)12-20-18(19-2)21-10-8-16(13-21)15-6-4-3-5-7-15;/h3-7,9,11,16H,8,10,12-13H2,1-2H3,(H,19,20);1H. The van der Waals surface area contributed by atoms with Gasteiger partial charge in [0, 0.05) is 30.9 Å². The van der Waals surface area contributed by atoms with Crippen molar-refractivity contribution in [3.8, 4) is 0 Å². The highest BCUT2D eigenvalue weighted by Gasteiger charge is 2.25. The fraction of sp³-hybridized carbons (Fsp3) is 0.389. The van der Waals surface area contributed by atoms with Gasteiger partial charge in [-0.1, -0.05) is 30.3 Å². The Kier molecular flexibility index (Phi) is 6.89. The molecule has 3 nitrogen and oxygen atoms in total. The van der Waals surface area contributed by atoms with Crippen molar-refractivity contribution in [3.05, 3.63) is 57.8 Å². The molecule has 0 saturated carbocycles. The van der Waals surface area contributed by atoms with Crippen molar-refractivity contribution in [3.63, 3.8) is 0 Å². The molecule has 2 heterocycles. The molecule has 1 saturated heterocycles. The summed E-state index contributed by atoms with van der Waals surface area (Å²) in [5.74, 6) is 1.63.